The van der Waals surface area contributed by atoms with Gasteiger partial charge < -0.3 is 10.4 Å². The molecule has 1 aromatic carbocycles. The van der Waals surface area contributed by atoms with Crippen LogP contribution in [0.15, 0.2) is 24.3 Å². The molecule has 1 amide bonds. The number of amides is 1. The van der Waals surface area contributed by atoms with E-state index < -0.39 is 0 Å². The summed E-state index contributed by atoms with van der Waals surface area (Å²) in [6.45, 7) is 15.8. The van der Waals surface area contributed by atoms with Crippen molar-refractivity contribution in [2.24, 2.45) is 23.2 Å². The lowest BCUT2D eigenvalue weighted by Crippen LogP contribution is -2.63. The molecule has 0 radical (unpaired) electrons. The van der Waals surface area contributed by atoms with Gasteiger partial charge in [0.05, 0.1) is 0 Å². The molecule has 1 saturated heterocycles. The Morgan fingerprint density at radius 1 is 1.07 bits per heavy atom. The molecular formula is C26H42N2O2. The highest BCUT2D eigenvalue weighted by Crippen LogP contribution is 2.61. The maximum atomic E-state index is 13.2. The van der Waals surface area contributed by atoms with Gasteiger partial charge in [-0.05, 0) is 95.4 Å². The minimum absolute atomic E-state index is 0.0237. The molecule has 1 heterocycles. The van der Waals surface area contributed by atoms with Crippen molar-refractivity contribution in [2.45, 2.75) is 91.3 Å². The van der Waals surface area contributed by atoms with Gasteiger partial charge in [-0.2, -0.15) is 0 Å². The van der Waals surface area contributed by atoms with E-state index >= 15 is 0 Å². The first-order valence-corrected chi connectivity index (χ1v) is 11.6. The van der Waals surface area contributed by atoms with E-state index in [9.17, 15) is 9.90 Å². The smallest absolute Gasteiger partial charge is 0.223 e. The number of rotatable bonds is 6. The van der Waals surface area contributed by atoms with E-state index in [2.05, 4.69) is 65.7 Å². The second-order valence-corrected chi connectivity index (χ2v) is 11.7. The van der Waals surface area contributed by atoms with Gasteiger partial charge in [0.2, 0.25) is 5.91 Å². The van der Waals surface area contributed by atoms with E-state index in [-0.39, 0.29) is 34.4 Å². The Balaban J connectivity index is 1.59. The van der Waals surface area contributed by atoms with Crippen LogP contribution in [0.4, 0.5) is 0 Å². The molecule has 0 spiro atoms. The molecule has 4 heteroatoms. The fourth-order valence-corrected chi connectivity index (χ4v) is 6.01. The first-order chi connectivity index (χ1) is 13.8. The van der Waals surface area contributed by atoms with Crippen LogP contribution in [0.2, 0.25) is 0 Å². The summed E-state index contributed by atoms with van der Waals surface area (Å²) < 4.78 is 0. The fraction of sp³-hybridized carbons (Fsp3) is 0.731. The molecular weight excluding hydrogens is 372 g/mol. The predicted molar refractivity (Wildman–Crippen MR) is 123 cm³/mol. The van der Waals surface area contributed by atoms with Crippen molar-refractivity contribution in [3.63, 3.8) is 0 Å². The number of hydrogen-bond acceptors (Lipinski definition) is 3. The van der Waals surface area contributed by atoms with Crippen molar-refractivity contribution < 1.29 is 9.90 Å². The highest BCUT2D eigenvalue weighted by molar-refractivity contribution is 5.80. The number of phenolic OH excluding ortho intramolecular Hbond substituents is 1. The van der Waals surface area contributed by atoms with E-state index in [1.54, 1.807) is 12.1 Å². The van der Waals surface area contributed by atoms with Crippen molar-refractivity contribution >= 4 is 5.91 Å². The molecule has 4 nitrogen and oxygen atoms in total. The summed E-state index contributed by atoms with van der Waals surface area (Å²) in [4.78, 5) is 15.7. The van der Waals surface area contributed by atoms with Crippen molar-refractivity contribution in [1.82, 2.24) is 10.2 Å². The maximum Gasteiger partial charge on any atom is 0.223 e. The number of benzene rings is 1. The Bertz CT molecular complexity index is 752. The lowest BCUT2D eigenvalue weighted by Gasteiger charge is -2.53. The molecule has 1 aromatic rings. The number of piperidine rings is 1. The molecule has 1 aliphatic carbocycles. The topological polar surface area (TPSA) is 52.6 Å². The second kappa shape index (κ2) is 7.85. The molecule has 2 N–H and O–H groups in total. The Labute approximate surface area is 183 Å². The summed E-state index contributed by atoms with van der Waals surface area (Å²) in [5.74, 6) is 1.65. The van der Waals surface area contributed by atoms with Gasteiger partial charge in [0.1, 0.15) is 5.75 Å². The quantitative estimate of drug-likeness (QED) is 0.689. The van der Waals surface area contributed by atoms with Crippen LogP contribution in [0, 0.1) is 23.2 Å². The van der Waals surface area contributed by atoms with Gasteiger partial charge in [-0.3, -0.25) is 9.69 Å². The van der Waals surface area contributed by atoms with E-state index in [0.717, 1.165) is 25.7 Å². The molecule has 0 aromatic heterocycles. The summed E-state index contributed by atoms with van der Waals surface area (Å²) >= 11 is 0. The van der Waals surface area contributed by atoms with Crippen LogP contribution in [0.3, 0.4) is 0 Å². The third-order valence-corrected chi connectivity index (χ3v) is 8.56. The van der Waals surface area contributed by atoms with Crippen LogP contribution in [-0.4, -0.2) is 40.1 Å². The Morgan fingerprint density at radius 3 is 2.13 bits per heavy atom. The van der Waals surface area contributed by atoms with Crippen LogP contribution < -0.4 is 5.32 Å². The van der Waals surface area contributed by atoms with Crippen LogP contribution >= 0.6 is 0 Å². The molecule has 1 aliphatic heterocycles. The SMILES string of the molecule is C[C@H](C(=O)NC1CC(C)(C)N(C)C(C)(C)C1)[C@]1(C)C[C@H]1[C@@H](C)Cc1ccc(O)cc1. The van der Waals surface area contributed by atoms with Gasteiger partial charge in [-0.25, -0.2) is 0 Å². The van der Waals surface area contributed by atoms with E-state index in [4.69, 9.17) is 0 Å². The Morgan fingerprint density at radius 2 is 1.60 bits per heavy atom. The summed E-state index contributed by atoms with van der Waals surface area (Å²) in [7, 11) is 2.20. The van der Waals surface area contributed by atoms with Crippen molar-refractivity contribution in [3.05, 3.63) is 29.8 Å². The van der Waals surface area contributed by atoms with Gasteiger partial charge in [-0.15, -0.1) is 0 Å². The summed E-state index contributed by atoms with van der Waals surface area (Å²) in [6, 6.07) is 7.76. The average molecular weight is 415 g/mol. The molecule has 2 fully saturated rings. The number of nitrogens with zero attached hydrogens (tertiary/aromatic N) is 1. The number of likely N-dealkylation sites (tertiary alicyclic amines) is 1. The minimum Gasteiger partial charge on any atom is -0.508 e. The number of carbonyl (C=O) groups excluding carboxylic acids is 1. The Hall–Kier alpha value is -1.55. The van der Waals surface area contributed by atoms with E-state index in [0.29, 0.717) is 17.6 Å². The number of carbonyl (C=O) groups is 1. The van der Waals surface area contributed by atoms with Crippen LogP contribution in [0.25, 0.3) is 0 Å². The molecule has 1 saturated carbocycles. The summed E-state index contributed by atoms with van der Waals surface area (Å²) in [6.07, 6.45) is 4.09. The first-order valence-electron chi connectivity index (χ1n) is 11.6. The number of phenols is 1. The zero-order valence-electron chi connectivity index (χ0n) is 20.2. The number of nitrogens with one attached hydrogen (secondary N) is 1. The molecule has 3 rings (SSSR count). The monoisotopic (exact) mass is 414 g/mol. The molecule has 168 valence electrons. The summed E-state index contributed by atoms with van der Waals surface area (Å²) in [5, 5.41) is 12.9. The van der Waals surface area contributed by atoms with Crippen molar-refractivity contribution in [3.8, 4) is 5.75 Å². The minimum atomic E-state index is 0.0237. The molecule has 30 heavy (non-hydrogen) atoms. The molecule has 0 bridgehead atoms. The maximum absolute atomic E-state index is 13.2. The number of aromatic hydroxyl groups is 1. The van der Waals surface area contributed by atoms with Crippen LogP contribution in [0.5, 0.6) is 5.75 Å². The van der Waals surface area contributed by atoms with Gasteiger partial charge in [0.25, 0.3) is 0 Å². The van der Waals surface area contributed by atoms with E-state index in [1.165, 1.54) is 5.56 Å². The van der Waals surface area contributed by atoms with E-state index in [1.807, 2.05) is 12.1 Å². The fourth-order valence-electron chi connectivity index (χ4n) is 6.01. The average Bonchev–Trinajstić information content (AvgIpc) is 3.33. The van der Waals surface area contributed by atoms with Gasteiger partial charge >= 0.3 is 0 Å². The summed E-state index contributed by atoms with van der Waals surface area (Å²) in [5.41, 5.74) is 1.49. The highest BCUT2D eigenvalue weighted by atomic mass is 16.3. The lowest BCUT2D eigenvalue weighted by atomic mass is 9.77. The normalized spacial score (nSPS) is 30.5. The third kappa shape index (κ3) is 4.54. The molecule has 0 unspecified atom stereocenters. The zero-order chi connectivity index (χ0) is 22.5. The van der Waals surface area contributed by atoms with Crippen molar-refractivity contribution in [1.29, 1.82) is 0 Å². The number of hydrogen-bond donors (Lipinski definition) is 2. The zero-order valence-corrected chi connectivity index (χ0v) is 20.2. The van der Waals surface area contributed by atoms with Gasteiger partial charge in [0, 0.05) is 23.0 Å². The predicted octanol–water partition coefficient (Wildman–Crippen LogP) is 5.00. The van der Waals surface area contributed by atoms with Crippen LogP contribution in [-0.2, 0) is 11.2 Å². The second-order valence-electron chi connectivity index (χ2n) is 11.7. The molecule has 2 aliphatic rings. The molecule has 4 atom stereocenters. The van der Waals surface area contributed by atoms with Gasteiger partial charge in [0.15, 0.2) is 0 Å². The standard InChI is InChI=1S/C26H42N2O2/c1-17(13-19-9-11-21(29)12-10-19)22-16-26(22,7)18(2)23(30)27-20-14-24(3,4)28(8)25(5,6)15-20/h9-12,17-18,20,22,29H,13-16H2,1-8H3,(H,27,30)/t17-,18+,22-,26-/m0/s1. The van der Waals surface area contributed by atoms with Crippen LogP contribution in [0.1, 0.15) is 73.3 Å². The van der Waals surface area contributed by atoms with Crippen molar-refractivity contribution in [2.75, 3.05) is 7.05 Å². The van der Waals surface area contributed by atoms with Gasteiger partial charge in [-0.1, -0.05) is 32.9 Å². The highest BCUT2D eigenvalue weighted by Gasteiger charge is 2.57. The largest absolute Gasteiger partial charge is 0.508 e. The lowest BCUT2D eigenvalue weighted by molar-refractivity contribution is -0.128. The Kier molecular flexibility index (Phi) is 6.05. The first kappa shape index (κ1) is 23.1. The third-order valence-electron chi connectivity index (χ3n) is 8.56.